The first-order valence-corrected chi connectivity index (χ1v) is 5.66. The van der Waals surface area contributed by atoms with Gasteiger partial charge in [-0.3, -0.25) is 0 Å². The van der Waals surface area contributed by atoms with Crippen molar-refractivity contribution < 1.29 is 9.53 Å². The van der Waals surface area contributed by atoms with E-state index in [-0.39, 0.29) is 5.97 Å². The van der Waals surface area contributed by atoms with Gasteiger partial charge in [-0.15, -0.1) is 0 Å². The summed E-state index contributed by atoms with van der Waals surface area (Å²) in [5, 5.41) is 0. The molecule has 0 spiro atoms. The van der Waals surface area contributed by atoms with E-state index in [0.29, 0.717) is 5.56 Å². The van der Waals surface area contributed by atoms with Crippen LogP contribution in [0.5, 0.6) is 0 Å². The first-order chi connectivity index (χ1) is 8.63. The second-order valence-electron chi connectivity index (χ2n) is 4.21. The number of rotatable bonds is 3. The normalized spacial score (nSPS) is 11.1. The Bertz CT molecular complexity index is 597. The van der Waals surface area contributed by atoms with Gasteiger partial charge in [-0.05, 0) is 30.3 Å². The average Bonchev–Trinajstić information content (AvgIpc) is 2.84. The van der Waals surface area contributed by atoms with E-state index >= 15 is 0 Å². The van der Waals surface area contributed by atoms with Crippen LogP contribution in [0.4, 0.5) is 0 Å². The van der Waals surface area contributed by atoms with E-state index < -0.39 is 0 Å². The number of fused-ring (bicyclic) bond motifs is 1. The van der Waals surface area contributed by atoms with Crippen LogP contribution in [-0.2, 0) is 4.74 Å². The molecular weight excluding hydrogens is 228 g/mol. The van der Waals surface area contributed by atoms with Crippen LogP contribution in [-0.4, -0.2) is 36.5 Å². The number of hydrogen-bond donors (Lipinski definition) is 0. The van der Waals surface area contributed by atoms with Crippen molar-refractivity contribution in [3.05, 3.63) is 47.9 Å². The number of hydrogen-bond acceptors (Lipinski definition) is 3. The molecule has 0 aliphatic carbocycles. The van der Waals surface area contributed by atoms with Crippen molar-refractivity contribution in [2.24, 2.45) is 0 Å². The van der Waals surface area contributed by atoms with E-state index in [4.69, 9.17) is 4.74 Å². The molecule has 0 atom stereocenters. The molecule has 0 saturated heterocycles. The highest BCUT2D eigenvalue weighted by Gasteiger charge is 2.11. The van der Waals surface area contributed by atoms with Crippen molar-refractivity contribution in [2.75, 3.05) is 21.2 Å². The standard InChI is InChI=1S/C14H16N2O2/c1-15(2)10-8-11-6-7-12(14(17)18-3)13-5-4-9-16(11)13/h4-10H,1-3H3/b10-8+. The third-order valence-electron chi connectivity index (χ3n) is 2.67. The van der Waals surface area contributed by atoms with Gasteiger partial charge in [0.15, 0.2) is 0 Å². The molecule has 2 aromatic heterocycles. The summed E-state index contributed by atoms with van der Waals surface area (Å²) in [6.45, 7) is 0. The molecule has 0 N–H and O–H groups in total. The third kappa shape index (κ3) is 2.22. The maximum atomic E-state index is 11.6. The van der Waals surface area contributed by atoms with Gasteiger partial charge in [0.25, 0.3) is 0 Å². The van der Waals surface area contributed by atoms with Crippen LogP contribution in [0.2, 0.25) is 0 Å². The number of pyridine rings is 1. The second kappa shape index (κ2) is 4.96. The molecule has 2 rings (SSSR count). The Labute approximate surface area is 106 Å². The van der Waals surface area contributed by atoms with E-state index in [1.54, 1.807) is 6.07 Å². The van der Waals surface area contributed by atoms with E-state index in [2.05, 4.69) is 0 Å². The van der Waals surface area contributed by atoms with Gasteiger partial charge >= 0.3 is 5.97 Å². The summed E-state index contributed by atoms with van der Waals surface area (Å²) in [6, 6.07) is 7.50. The molecule has 0 aliphatic heterocycles. The molecule has 2 aromatic rings. The SMILES string of the molecule is COC(=O)c1ccc(/C=C/N(C)C)n2cccc12. The van der Waals surface area contributed by atoms with E-state index in [1.807, 2.05) is 60.1 Å². The molecule has 0 saturated carbocycles. The molecule has 94 valence electrons. The minimum atomic E-state index is -0.318. The van der Waals surface area contributed by atoms with Gasteiger partial charge in [0, 0.05) is 32.2 Å². The topological polar surface area (TPSA) is 34.0 Å². The number of ether oxygens (including phenoxy) is 1. The van der Waals surface area contributed by atoms with Crippen LogP contribution in [0.3, 0.4) is 0 Å². The molecule has 0 radical (unpaired) electrons. The van der Waals surface area contributed by atoms with Crippen molar-refractivity contribution >= 4 is 17.6 Å². The van der Waals surface area contributed by atoms with Crippen molar-refractivity contribution in [1.29, 1.82) is 0 Å². The van der Waals surface area contributed by atoms with Crippen LogP contribution in [0.15, 0.2) is 36.7 Å². The van der Waals surface area contributed by atoms with Crippen LogP contribution in [0.25, 0.3) is 11.6 Å². The van der Waals surface area contributed by atoms with Gasteiger partial charge in [-0.25, -0.2) is 4.79 Å². The molecule has 0 aliphatic rings. The predicted molar refractivity (Wildman–Crippen MR) is 71.5 cm³/mol. The van der Waals surface area contributed by atoms with Crippen LogP contribution in [0.1, 0.15) is 16.1 Å². The molecule has 0 amide bonds. The van der Waals surface area contributed by atoms with E-state index in [0.717, 1.165) is 11.2 Å². The lowest BCUT2D eigenvalue weighted by Gasteiger charge is -2.08. The summed E-state index contributed by atoms with van der Waals surface area (Å²) < 4.78 is 6.74. The van der Waals surface area contributed by atoms with Gasteiger partial charge in [0.1, 0.15) is 0 Å². The highest BCUT2D eigenvalue weighted by Crippen LogP contribution is 2.17. The smallest absolute Gasteiger partial charge is 0.339 e. The van der Waals surface area contributed by atoms with Crippen molar-refractivity contribution in [3.8, 4) is 0 Å². The lowest BCUT2D eigenvalue weighted by Crippen LogP contribution is -2.05. The van der Waals surface area contributed by atoms with Crippen LogP contribution in [0, 0.1) is 0 Å². The van der Waals surface area contributed by atoms with Crippen molar-refractivity contribution in [1.82, 2.24) is 9.30 Å². The Balaban J connectivity index is 2.54. The second-order valence-corrected chi connectivity index (χ2v) is 4.21. The number of carbonyl (C=O) groups is 1. The fraction of sp³-hybridized carbons (Fsp3) is 0.214. The van der Waals surface area contributed by atoms with Crippen molar-refractivity contribution in [2.45, 2.75) is 0 Å². The highest BCUT2D eigenvalue weighted by molar-refractivity contribution is 5.97. The molecular formula is C14H16N2O2. The van der Waals surface area contributed by atoms with Crippen molar-refractivity contribution in [3.63, 3.8) is 0 Å². The molecule has 0 fully saturated rings. The third-order valence-corrected chi connectivity index (χ3v) is 2.67. The van der Waals surface area contributed by atoms with Gasteiger partial charge in [0.2, 0.25) is 0 Å². The Morgan fingerprint density at radius 1 is 1.33 bits per heavy atom. The average molecular weight is 244 g/mol. The Hall–Kier alpha value is -2.23. The zero-order valence-corrected chi connectivity index (χ0v) is 10.8. The summed E-state index contributed by atoms with van der Waals surface area (Å²) in [5.74, 6) is -0.318. The zero-order valence-electron chi connectivity index (χ0n) is 10.8. The quantitative estimate of drug-likeness (QED) is 0.777. The molecule has 0 unspecified atom stereocenters. The number of carbonyl (C=O) groups excluding carboxylic acids is 1. The summed E-state index contributed by atoms with van der Waals surface area (Å²) in [5.41, 5.74) is 2.43. The molecule has 4 nitrogen and oxygen atoms in total. The number of nitrogens with zero attached hydrogens (tertiary/aromatic N) is 2. The van der Waals surface area contributed by atoms with Crippen LogP contribution >= 0.6 is 0 Å². The minimum absolute atomic E-state index is 0.318. The van der Waals surface area contributed by atoms with E-state index in [9.17, 15) is 4.79 Å². The number of methoxy groups -OCH3 is 1. The summed E-state index contributed by atoms with van der Waals surface area (Å²) in [4.78, 5) is 13.6. The lowest BCUT2D eigenvalue weighted by molar-refractivity contribution is 0.0602. The Morgan fingerprint density at radius 2 is 2.11 bits per heavy atom. The van der Waals surface area contributed by atoms with Gasteiger partial charge < -0.3 is 14.0 Å². The number of aromatic nitrogens is 1. The monoisotopic (exact) mass is 244 g/mol. The largest absolute Gasteiger partial charge is 0.465 e. The van der Waals surface area contributed by atoms with Gasteiger partial charge in [0.05, 0.1) is 18.2 Å². The first kappa shape index (κ1) is 12.2. The first-order valence-electron chi connectivity index (χ1n) is 5.66. The molecule has 4 heteroatoms. The molecule has 18 heavy (non-hydrogen) atoms. The molecule has 0 aromatic carbocycles. The minimum Gasteiger partial charge on any atom is -0.465 e. The summed E-state index contributed by atoms with van der Waals surface area (Å²) >= 11 is 0. The summed E-state index contributed by atoms with van der Waals surface area (Å²) in [6.07, 6.45) is 5.89. The fourth-order valence-corrected chi connectivity index (χ4v) is 1.80. The molecule has 0 bridgehead atoms. The van der Waals surface area contributed by atoms with E-state index in [1.165, 1.54) is 7.11 Å². The number of esters is 1. The molecule has 2 heterocycles. The maximum absolute atomic E-state index is 11.6. The van der Waals surface area contributed by atoms with Crippen LogP contribution < -0.4 is 0 Å². The lowest BCUT2D eigenvalue weighted by atomic mass is 10.2. The predicted octanol–water partition coefficient (Wildman–Crippen LogP) is 2.26. The van der Waals surface area contributed by atoms with Gasteiger partial charge in [-0.1, -0.05) is 0 Å². The zero-order chi connectivity index (χ0) is 13.1. The highest BCUT2D eigenvalue weighted by atomic mass is 16.5. The Kier molecular flexibility index (Phi) is 3.37. The van der Waals surface area contributed by atoms with Gasteiger partial charge in [-0.2, -0.15) is 0 Å². The summed E-state index contributed by atoms with van der Waals surface area (Å²) in [7, 11) is 5.32. The fourth-order valence-electron chi connectivity index (χ4n) is 1.80. The Morgan fingerprint density at radius 3 is 2.78 bits per heavy atom. The maximum Gasteiger partial charge on any atom is 0.339 e.